The lowest BCUT2D eigenvalue weighted by molar-refractivity contribution is 0.566. The highest BCUT2D eigenvalue weighted by Crippen LogP contribution is 2.33. The Bertz CT molecular complexity index is 519. The Morgan fingerprint density at radius 2 is 1.79 bits per heavy atom. The maximum Gasteiger partial charge on any atom is 0.124 e. The largest absolute Gasteiger partial charge is 0.207 e. The van der Waals surface area contributed by atoms with Gasteiger partial charge in [-0.25, -0.2) is 4.39 Å². The number of hydrogen-bond acceptors (Lipinski definition) is 0. The van der Waals surface area contributed by atoms with E-state index in [1.165, 1.54) is 11.6 Å². The average molecular weight is 386 g/mol. The topological polar surface area (TPSA) is 0 Å². The summed E-state index contributed by atoms with van der Waals surface area (Å²) in [5, 5.41) is 0. The van der Waals surface area contributed by atoms with Crippen LogP contribution in [0.5, 0.6) is 0 Å². The minimum atomic E-state index is -0.192. The first-order chi connectivity index (χ1) is 9.06. The van der Waals surface area contributed by atoms with E-state index in [1.807, 2.05) is 24.3 Å². The van der Waals surface area contributed by atoms with Crippen LogP contribution in [-0.4, -0.2) is 0 Å². The predicted molar refractivity (Wildman–Crippen MR) is 85.1 cm³/mol. The van der Waals surface area contributed by atoms with Crippen LogP contribution in [-0.2, 0) is 6.42 Å². The van der Waals surface area contributed by atoms with Gasteiger partial charge in [-0.05, 0) is 41.7 Å². The number of halogens is 3. The first kappa shape index (κ1) is 14.7. The van der Waals surface area contributed by atoms with Gasteiger partial charge in [-0.1, -0.05) is 69.1 Å². The van der Waals surface area contributed by atoms with E-state index in [4.69, 9.17) is 0 Å². The van der Waals surface area contributed by atoms with Crippen LogP contribution in [0.2, 0.25) is 0 Å². The van der Waals surface area contributed by atoms with Crippen molar-refractivity contribution in [2.45, 2.75) is 18.2 Å². The molecule has 2 aromatic carbocycles. The van der Waals surface area contributed by atoms with Gasteiger partial charge in [0.15, 0.2) is 0 Å². The zero-order valence-corrected chi connectivity index (χ0v) is 13.8. The summed E-state index contributed by atoms with van der Waals surface area (Å²) in [6.07, 6.45) is 0.834. The molecule has 0 saturated carbocycles. The van der Waals surface area contributed by atoms with Crippen LogP contribution in [0.3, 0.4) is 0 Å². The van der Waals surface area contributed by atoms with Crippen molar-refractivity contribution in [2.24, 2.45) is 5.92 Å². The fraction of sp³-hybridized carbons (Fsp3) is 0.250. The van der Waals surface area contributed by atoms with Gasteiger partial charge in [0.1, 0.15) is 5.82 Å². The van der Waals surface area contributed by atoms with Crippen molar-refractivity contribution < 1.29 is 4.39 Å². The molecule has 0 fully saturated rings. The minimum Gasteiger partial charge on any atom is -0.207 e. The molecule has 0 heterocycles. The molecular weight excluding hydrogens is 371 g/mol. The van der Waals surface area contributed by atoms with E-state index in [-0.39, 0.29) is 10.6 Å². The van der Waals surface area contributed by atoms with Crippen LogP contribution in [0.4, 0.5) is 4.39 Å². The Morgan fingerprint density at radius 3 is 2.42 bits per heavy atom. The zero-order valence-electron chi connectivity index (χ0n) is 10.6. The second-order valence-corrected chi connectivity index (χ2v) is 6.67. The van der Waals surface area contributed by atoms with E-state index in [9.17, 15) is 4.39 Å². The Labute approximate surface area is 130 Å². The number of alkyl halides is 1. The second-order valence-electron chi connectivity index (χ2n) is 4.77. The van der Waals surface area contributed by atoms with Crippen LogP contribution in [0, 0.1) is 11.7 Å². The molecule has 100 valence electrons. The standard InChI is InChI=1S/C16H15Br2F/c1-11(16(18)13-5-3-2-4-6-13)7-12-8-14(17)10-15(19)9-12/h2-6,8-11,16H,7H2,1H3. The van der Waals surface area contributed by atoms with Crippen LogP contribution >= 0.6 is 31.9 Å². The molecule has 0 radical (unpaired) electrons. The molecule has 0 aliphatic rings. The molecule has 0 saturated heterocycles. The van der Waals surface area contributed by atoms with Gasteiger partial charge >= 0.3 is 0 Å². The lowest BCUT2D eigenvalue weighted by Crippen LogP contribution is -2.07. The molecule has 2 unspecified atom stereocenters. The smallest absolute Gasteiger partial charge is 0.124 e. The van der Waals surface area contributed by atoms with Gasteiger partial charge in [-0.3, -0.25) is 0 Å². The summed E-state index contributed by atoms with van der Waals surface area (Å²) in [6, 6.07) is 15.4. The summed E-state index contributed by atoms with van der Waals surface area (Å²) in [6.45, 7) is 2.17. The van der Waals surface area contributed by atoms with Crippen molar-refractivity contribution in [3.63, 3.8) is 0 Å². The summed E-state index contributed by atoms with van der Waals surface area (Å²) < 4.78 is 14.2. The number of rotatable bonds is 4. The highest BCUT2D eigenvalue weighted by molar-refractivity contribution is 9.10. The fourth-order valence-electron chi connectivity index (χ4n) is 2.17. The number of hydrogen-bond donors (Lipinski definition) is 0. The maximum atomic E-state index is 13.4. The van der Waals surface area contributed by atoms with E-state index < -0.39 is 0 Å². The quantitative estimate of drug-likeness (QED) is 0.574. The van der Waals surface area contributed by atoms with E-state index in [0.29, 0.717) is 5.92 Å². The van der Waals surface area contributed by atoms with Gasteiger partial charge in [-0.15, -0.1) is 0 Å². The van der Waals surface area contributed by atoms with Gasteiger partial charge in [0, 0.05) is 9.30 Å². The average Bonchev–Trinajstić information content (AvgIpc) is 2.37. The van der Waals surface area contributed by atoms with Crippen molar-refractivity contribution >= 4 is 31.9 Å². The van der Waals surface area contributed by atoms with Crippen molar-refractivity contribution in [2.75, 3.05) is 0 Å². The molecule has 3 heteroatoms. The van der Waals surface area contributed by atoms with Crippen molar-refractivity contribution in [1.29, 1.82) is 0 Å². The maximum absolute atomic E-state index is 13.4. The third kappa shape index (κ3) is 4.15. The van der Waals surface area contributed by atoms with Gasteiger partial charge in [-0.2, -0.15) is 0 Å². The first-order valence-electron chi connectivity index (χ1n) is 6.20. The van der Waals surface area contributed by atoms with Gasteiger partial charge in [0.2, 0.25) is 0 Å². The molecule has 0 aliphatic carbocycles. The van der Waals surface area contributed by atoms with Crippen molar-refractivity contribution in [1.82, 2.24) is 0 Å². The van der Waals surface area contributed by atoms with Crippen molar-refractivity contribution in [3.8, 4) is 0 Å². The highest BCUT2D eigenvalue weighted by Gasteiger charge is 2.16. The molecule has 0 nitrogen and oxygen atoms in total. The summed E-state index contributed by atoms with van der Waals surface area (Å²) >= 11 is 7.07. The number of benzene rings is 2. The molecule has 0 aromatic heterocycles. The first-order valence-corrected chi connectivity index (χ1v) is 7.91. The summed E-state index contributed by atoms with van der Waals surface area (Å²) in [5.41, 5.74) is 2.27. The molecule has 0 N–H and O–H groups in total. The van der Waals surface area contributed by atoms with Gasteiger partial charge < -0.3 is 0 Å². The van der Waals surface area contributed by atoms with E-state index in [0.717, 1.165) is 16.5 Å². The van der Waals surface area contributed by atoms with Crippen LogP contribution in [0.15, 0.2) is 53.0 Å². The minimum absolute atomic E-state index is 0.192. The van der Waals surface area contributed by atoms with Gasteiger partial charge in [0.25, 0.3) is 0 Å². The predicted octanol–water partition coefficient (Wildman–Crippen LogP) is 5.90. The molecule has 2 rings (SSSR count). The Hall–Kier alpha value is -0.670. The molecule has 0 bridgehead atoms. The van der Waals surface area contributed by atoms with Crippen molar-refractivity contribution in [3.05, 3.63) is 69.9 Å². The SMILES string of the molecule is CC(Cc1cc(F)cc(Br)c1)C(Br)c1ccccc1. The lowest BCUT2D eigenvalue weighted by atomic mass is 9.94. The monoisotopic (exact) mass is 384 g/mol. The van der Waals surface area contributed by atoms with Crippen LogP contribution in [0.1, 0.15) is 22.9 Å². The highest BCUT2D eigenvalue weighted by atomic mass is 79.9. The molecule has 0 aliphatic heterocycles. The Morgan fingerprint density at radius 1 is 1.11 bits per heavy atom. The van der Waals surface area contributed by atoms with E-state index in [2.05, 4.69) is 50.9 Å². The summed E-state index contributed by atoms with van der Waals surface area (Å²) in [7, 11) is 0. The molecule has 19 heavy (non-hydrogen) atoms. The normalized spacial score (nSPS) is 14.1. The fourth-order valence-corrected chi connectivity index (χ4v) is 3.17. The molecule has 0 spiro atoms. The van der Waals surface area contributed by atoms with Crippen LogP contribution in [0.25, 0.3) is 0 Å². The lowest BCUT2D eigenvalue weighted by Gasteiger charge is -2.19. The van der Waals surface area contributed by atoms with Crippen LogP contribution < -0.4 is 0 Å². The Kier molecular flexibility index (Phi) is 5.17. The zero-order chi connectivity index (χ0) is 13.8. The molecule has 2 atom stereocenters. The second kappa shape index (κ2) is 6.67. The Balaban J connectivity index is 2.10. The molecular formula is C16H15Br2F. The molecule has 2 aromatic rings. The van der Waals surface area contributed by atoms with E-state index >= 15 is 0 Å². The third-order valence-corrected chi connectivity index (χ3v) is 4.99. The van der Waals surface area contributed by atoms with E-state index in [1.54, 1.807) is 6.07 Å². The van der Waals surface area contributed by atoms with Gasteiger partial charge in [0.05, 0.1) is 0 Å². The summed E-state index contributed by atoms with van der Waals surface area (Å²) in [5.74, 6) is 0.193. The third-order valence-electron chi connectivity index (χ3n) is 3.10. The summed E-state index contributed by atoms with van der Waals surface area (Å²) in [4.78, 5) is 0.274. The molecule has 0 amide bonds.